The zero-order chi connectivity index (χ0) is 16.7. The molecular formula is C20H26N2O2. The maximum Gasteiger partial charge on any atom is 0.123 e. The average Bonchev–Trinajstić information content (AvgIpc) is 2.87. The van der Waals surface area contributed by atoms with Crippen molar-refractivity contribution >= 4 is 10.9 Å². The third-order valence-corrected chi connectivity index (χ3v) is 7.16. The van der Waals surface area contributed by atoms with E-state index in [1.54, 1.807) is 0 Å². The van der Waals surface area contributed by atoms with Gasteiger partial charge in [0.25, 0.3) is 0 Å². The Balaban J connectivity index is 1.71. The molecule has 2 aliphatic carbocycles. The molecule has 3 aliphatic rings. The summed E-state index contributed by atoms with van der Waals surface area (Å²) in [6.07, 6.45) is 2.67. The summed E-state index contributed by atoms with van der Waals surface area (Å²) in [7, 11) is 0. The molecule has 5 rings (SSSR count). The van der Waals surface area contributed by atoms with E-state index in [1.807, 2.05) is 18.2 Å². The Morgan fingerprint density at radius 3 is 2.83 bits per heavy atom. The summed E-state index contributed by atoms with van der Waals surface area (Å²) in [6.45, 7) is 4.57. The topological polar surface area (TPSA) is 68.3 Å². The summed E-state index contributed by atoms with van der Waals surface area (Å²) < 4.78 is 0. The molecule has 1 aliphatic heterocycles. The summed E-state index contributed by atoms with van der Waals surface area (Å²) in [5.41, 5.74) is 2.10. The minimum atomic E-state index is -1.03. The van der Waals surface area contributed by atoms with Gasteiger partial charge in [0.15, 0.2) is 0 Å². The number of hydrogen-bond donors (Lipinski definition) is 4. The molecule has 2 fully saturated rings. The molecule has 4 heteroatoms. The molecule has 2 aromatic rings. The molecule has 1 saturated carbocycles. The lowest BCUT2D eigenvalue weighted by molar-refractivity contribution is -0.170. The fourth-order valence-electron chi connectivity index (χ4n) is 5.76. The van der Waals surface area contributed by atoms with E-state index in [1.165, 1.54) is 10.9 Å². The quantitative estimate of drug-likeness (QED) is 0.602. The minimum absolute atomic E-state index is 0.0874. The molecule has 5 atom stereocenters. The number of hydrogen-bond acceptors (Lipinski definition) is 3. The summed E-state index contributed by atoms with van der Waals surface area (Å²) in [5, 5.41) is 27.6. The van der Waals surface area contributed by atoms with Gasteiger partial charge in [-0.25, -0.2) is 0 Å². The molecule has 0 amide bonds. The van der Waals surface area contributed by atoms with Crippen LogP contribution in [0.25, 0.3) is 10.9 Å². The van der Waals surface area contributed by atoms with Crippen LogP contribution in [-0.4, -0.2) is 32.4 Å². The number of aliphatic hydroxyl groups is 2. The second kappa shape index (κ2) is 4.63. The van der Waals surface area contributed by atoms with Crippen molar-refractivity contribution in [1.82, 2.24) is 10.3 Å². The standard InChI is InChI=1S/C20H26N2O2/c1-19(2)11-7-8-20(24)14(9-11)16(22-19)10-13-12-5-3-4-6-15(12)21-17(13)18(20)23/h3-6,11,14,16,18,21-24H,7-10H2,1-2H3/t11-,14+,16+,18+,20-/m0/s1. The predicted molar refractivity (Wildman–Crippen MR) is 93.7 cm³/mol. The molecule has 4 N–H and O–H groups in total. The largest absolute Gasteiger partial charge is 0.386 e. The van der Waals surface area contributed by atoms with Crippen molar-refractivity contribution in [1.29, 1.82) is 0 Å². The van der Waals surface area contributed by atoms with Gasteiger partial charge in [-0.15, -0.1) is 0 Å². The van der Waals surface area contributed by atoms with Gasteiger partial charge in [-0.2, -0.15) is 0 Å². The Bertz CT molecular complexity index is 811. The fourth-order valence-corrected chi connectivity index (χ4v) is 5.76. The van der Waals surface area contributed by atoms with Gasteiger partial charge < -0.3 is 20.5 Å². The van der Waals surface area contributed by atoms with Crippen LogP contribution in [0.1, 0.15) is 50.5 Å². The SMILES string of the molecule is CC1(C)N[C@@H]2Cc3c([nH]c4ccccc34)[C@@H](O)[C@]3(O)CC[C@H]1C[C@H]23. The van der Waals surface area contributed by atoms with Gasteiger partial charge in [0, 0.05) is 28.4 Å². The van der Waals surface area contributed by atoms with E-state index in [4.69, 9.17) is 0 Å². The highest BCUT2D eigenvalue weighted by Crippen LogP contribution is 2.54. The van der Waals surface area contributed by atoms with Gasteiger partial charge >= 0.3 is 0 Å². The summed E-state index contributed by atoms with van der Waals surface area (Å²) in [6, 6.07) is 8.43. The zero-order valence-electron chi connectivity index (χ0n) is 14.3. The van der Waals surface area contributed by atoms with Crippen LogP contribution in [0.4, 0.5) is 0 Å². The number of nitrogens with one attached hydrogen (secondary N) is 2. The monoisotopic (exact) mass is 326 g/mol. The van der Waals surface area contributed by atoms with Crippen LogP contribution in [0.2, 0.25) is 0 Å². The van der Waals surface area contributed by atoms with Crippen molar-refractivity contribution in [2.45, 2.75) is 62.8 Å². The van der Waals surface area contributed by atoms with Gasteiger partial charge in [-0.05, 0) is 57.1 Å². The van der Waals surface area contributed by atoms with Gasteiger partial charge in [0.2, 0.25) is 0 Å². The van der Waals surface area contributed by atoms with Crippen LogP contribution < -0.4 is 5.32 Å². The number of fused-ring (bicyclic) bond motifs is 4. The van der Waals surface area contributed by atoms with Gasteiger partial charge in [-0.3, -0.25) is 0 Å². The van der Waals surface area contributed by atoms with E-state index in [9.17, 15) is 10.2 Å². The maximum atomic E-state index is 11.5. The van der Waals surface area contributed by atoms with Crippen molar-refractivity contribution in [3.8, 4) is 0 Å². The Morgan fingerprint density at radius 2 is 2.00 bits per heavy atom. The highest BCUT2D eigenvalue weighted by atomic mass is 16.3. The molecular weight excluding hydrogens is 300 g/mol. The normalized spacial score (nSPS) is 40.2. The number of H-pyrrole nitrogens is 1. The molecule has 4 nitrogen and oxygen atoms in total. The maximum absolute atomic E-state index is 11.5. The van der Waals surface area contributed by atoms with Crippen LogP contribution in [0, 0.1) is 11.8 Å². The lowest BCUT2D eigenvalue weighted by Crippen LogP contribution is -2.66. The summed E-state index contributed by atoms with van der Waals surface area (Å²) >= 11 is 0. The minimum Gasteiger partial charge on any atom is -0.386 e. The van der Waals surface area contributed by atoms with E-state index in [0.29, 0.717) is 12.3 Å². The number of para-hydroxylation sites is 1. The summed E-state index contributed by atoms with van der Waals surface area (Å²) in [4.78, 5) is 3.41. The smallest absolute Gasteiger partial charge is 0.123 e. The number of aliphatic hydroxyl groups excluding tert-OH is 1. The third kappa shape index (κ3) is 1.79. The Morgan fingerprint density at radius 1 is 1.21 bits per heavy atom. The molecule has 1 saturated heterocycles. The third-order valence-electron chi connectivity index (χ3n) is 7.16. The van der Waals surface area contributed by atoms with Crippen LogP contribution in [0.5, 0.6) is 0 Å². The molecule has 1 aromatic carbocycles. The van der Waals surface area contributed by atoms with E-state index in [0.717, 1.165) is 30.5 Å². The first-order valence-electron chi connectivity index (χ1n) is 9.18. The van der Waals surface area contributed by atoms with Crippen LogP contribution in [0.3, 0.4) is 0 Å². The number of aromatic amines is 1. The molecule has 2 heterocycles. The number of piperidine rings is 1. The van der Waals surface area contributed by atoms with Gasteiger partial charge in [0.1, 0.15) is 11.7 Å². The van der Waals surface area contributed by atoms with E-state index in [2.05, 4.69) is 30.2 Å². The summed E-state index contributed by atoms with van der Waals surface area (Å²) in [5.74, 6) is 0.679. The zero-order valence-corrected chi connectivity index (χ0v) is 14.3. The predicted octanol–water partition coefficient (Wildman–Crippen LogP) is 2.66. The van der Waals surface area contributed by atoms with Crippen LogP contribution in [0.15, 0.2) is 24.3 Å². The van der Waals surface area contributed by atoms with E-state index in [-0.39, 0.29) is 17.5 Å². The highest BCUT2D eigenvalue weighted by Gasteiger charge is 2.58. The first-order valence-corrected chi connectivity index (χ1v) is 9.18. The first kappa shape index (κ1) is 14.9. The molecule has 0 unspecified atom stereocenters. The van der Waals surface area contributed by atoms with Crippen molar-refractivity contribution < 1.29 is 10.2 Å². The van der Waals surface area contributed by atoms with Gasteiger partial charge in [-0.1, -0.05) is 18.2 Å². The van der Waals surface area contributed by atoms with Crippen molar-refractivity contribution in [2.24, 2.45) is 11.8 Å². The van der Waals surface area contributed by atoms with E-state index >= 15 is 0 Å². The second-order valence-electron chi connectivity index (χ2n) is 8.71. The molecule has 0 spiro atoms. The lowest BCUT2D eigenvalue weighted by atomic mass is 9.59. The number of aromatic nitrogens is 1. The lowest BCUT2D eigenvalue weighted by Gasteiger charge is -2.56. The van der Waals surface area contributed by atoms with Crippen LogP contribution in [-0.2, 0) is 6.42 Å². The Kier molecular flexibility index (Phi) is 2.88. The Labute approximate surface area is 142 Å². The molecule has 2 bridgehead atoms. The molecule has 1 aromatic heterocycles. The van der Waals surface area contributed by atoms with Crippen molar-refractivity contribution in [3.63, 3.8) is 0 Å². The van der Waals surface area contributed by atoms with Crippen LogP contribution >= 0.6 is 0 Å². The average molecular weight is 326 g/mol. The second-order valence-corrected chi connectivity index (χ2v) is 8.71. The van der Waals surface area contributed by atoms with Gasteiger partial charge in [0.05, 0.1) is 5.69 Å². The molecule has 128 valence electrons. The Hall–Kier alpha value is -1.36. The van der Waals surface area contributed by atoms with E-state index < -0.39 is 11.7 Å². The molecule has 24 heavy (non-hydrogen) atoms. The van der Waals surface area contributed by atoms with Crippen molar-refractivity contribution in [2.75, 3.05) is 0 Å². The highest BCUT2D eigenvalue weighted by molar-refractivity contribution is 5.85. The molecule has 0 radical (unpaired) electrons. The first-order chi connectivity index (χ1) is 11.4. The fraction of sp³-hybridized carbons (Fsp3) is 0.600. The number of rotatable bonds is 0. The number of benzene rings is 1. The van der Waals surface area contributed by atoms with Crippen molar-refractivity contribution in [3.05, 3.63) is 35.5 Å².